The van der Waals surface area contributed by atoms with Gasteiger partial charge in [0, 0.05) is 60.3 Å². The molecule has 1 aromatic carbocycles. The number of aromatic nitrogens is 1. The second-order valence-electron chi connectivity index (χ2n) is 12.1. The number of hydrogen-bond donors (Lipinski definition) is 0. The van der Waals surface area contributed by atoms with Crippen molar-refractivity contribution in [1.82, 2.24) is 14.8 Å². The van der Waals surface area contributed by atoms with Crippen molar-refractivity contribution in [3.8, 4) is 0 Å². The van der Waals surface area contributed by atoms with Gasteiger partial charge in [0.25, 0.3) is 0 Å². The number of ether oxygens (including phenoxy) is 1. The number of amides is 2. The summed E-state index contributed by atoms with van der Waals surface area (Å²) >= 11 is 6.29. The lowest BCUT2D eigenvalue weighted by molar-refractivity contribution is -0.121. The zero-order chi connectivity index (χ0) is 28.8. The molecule has 0 radical (unpaired) electrons. The summed E-state index contributed by atoms with van der Waals surface area (Å²) in [5.41, 5.74) is -0.432. The molecule has 3 heterocycles. The molecule has 0 spiro atoms. The molecule has 7 nitrogen and oxygen atoms in total. The second-order valence-corrected chi connectivity index (χ2v) is 12.4. The zero-order valence-corrected chi connectivity index (χ0v) is 24.1. The Kier molecular flexibility index (Phi) is 7.98. The number of anilines is 1. The first kappa shape index (κ1) is 29.2. The van der Waals surface area contributed by atoms with Gasteiger partial charge in [-0.15, -0.1) is 11.6 Å². The number of alkyl halides is 3. The van der Waals surface area contributed by atoms with E-state index in [9.17, 15) is 9.59 Å². The molecule has 1 aromatic heterocycles. The Morgan fingerprint density at radius 3 is 2.44 bits per heavy atom. The van der Waals surface area contributed by atoms with Crippen LogP contribution in [0.2, 0.25) is 0 Å². The lowest BCUT2D eigenvalue weighted by atomic mass is 9.88. The van der Waals surface area contributed by atoms with Crippen molar-refractivity contribution in [2.24, 2.45) is 0 Å². The van der Waals surface area contributed by atoms with Crippen LogP contribution in [0, 0.1) is 0 Å². The third kappa shape index (κ3) is 6.04. The molecule has 2 amide bonds. The average molecular weight is 563 g/mol. The highest BCUT2D eigenvalue weighted by Gasteiger charge is 2.43. The monoisotopic (exact) mass is 562 g/mol. The van der Waals surface area contributed by atoms with Gasteiger partial charge in [0.1, 0.15) is 11.3 Å². The molecule has 0 aliphatic carbocycles. The van der Waals surface area contributed by atoms with E-state index in [2.05, 4.69) is 4.98 Å². The molecule has 2 aromatic rings. The van der Waals surface area contributed by atoms with Gasteiger partial charge in [-0.25, -0.2) is 4.79 Å². The Labute approximate surface area is 234 Å². The van der Waals surface area contributed by atoms with Gasteiger partial charge in [0.05, 0.1) is 12.2 Å². The van der Waals surface area contributed by atoms with Crippen molar-refractivity contribution in [2.75, 3.05) is 37.0 Å². The summed E-state index contributed by atoms with van der Waals surface area (Å²) < 4.78 is 36.3. The van der Waals surface area contributed by atoms with Crippen LogP contribution < -0.4 is 4.90 Å². The third-order valence-electron chi connectivity index (χ3n) is 7.31. The van der Waals surface area contributed by atoms with E-state index in [4.69, 9.17) is 16.3 Å². The van der Waals surface area contributed by atoms with Crippen LogP contribution in [0.5, 0.6) is 0 Å². The van der Waals surface area contributed by atoms with Gasteiger partial charge >= 0.3 is 12.0 Å². The van der Waals surface area contributed by atoms with Crippen LogP contribution in [0.3, 0.4) is 0 Å². The van der Waals surface area contributed by atoms with Crippen LogP contribution in [0.4, 0.5) is 19.3 Å². The minimum atomic E-state index is -3.31. The summed E-state index contributed by atoms with van der Waals surface area (Å²) in [4.78, 5) is 35.8. The predicted molar refractivity (Wildman–Crippen MR) is 148 cm³/mol. The summed E-state index contributed by atoms with van der Waals surface area (Å²) in [5, 5.41) is 0. The number of carbonyl (C=O) groups is 2. The van der Waals surface area contributed by atoms with Crippen molar-refractivity contribution >= 4 is 29.3 Å². The van der Waals surface area contributed by atoms with Gasteiger partial charge in [0.2, 0.25) is 5.91 Å². The van der Waals surface area contributed by atoms with Crippen LogP contribution >= 0.6 is 11.6 Å². The third-order valence-corrected chi connectivity index (χ3v) is 7.67. The summed E-state index contributed by atoms with van der Waals surface area (Å²) in [5.74, 6) is -3.30. The van der Waals surface area contributed by atoms with Crippen LogP contribution in [0.1, 0.15) is 58.4 Å². The molecule has 10 heteroatoms. The minimum absolute atomic E-state index is 0.0478. The molecular formula is C29H37ClF2N4O3. The highest BCUT2D eigenvalue weighted by Crippen LogP contribution is 2.43. The van der Waals surface area contributed by atoms with Crippen molar-refractivity contribution in [3.05, 3.63) is 59.4 Å². The predicted octanol–water partition coefficient (Wildman–Crippen LogP) is 5.39. The van der Waals surface area contributed by atoms with Gasteiger partial charge in [-0.05, 0) is 33.8 Å². The largest absolute Gasteiger partial charge is 0.444 e. The Balaban J connectivity index is 1.55. The van der Waals surface area contributed by atoms with Crippen molar-refractivity contribution < 1.29 is 23.1 Å². The molecule has 4 rings (SSSR count). The number of halogens is 3. The maximum atomic E-state index is 15.4. The van der Waals surface area contributed by atoms with Gasteiger partial charge in [0.15, 0.2) is 0 Å². The van der Waals surface area contributed by atoms with Crippen LogP contribution in [0.15, 0.2) is 42.6 Å². The molecular weight excluding hydrogens is 526 g/mol. The second kappa shape index (κ2) is 10.7. The SMILES string of the molecule is C[C@@H]1CN(CC(=O)N2CC(C)(C)c3cnc(C(F)(F)c4ccccc4)cc32)[C@@H](CCl)CN1C(=O)OC(C)(C)C. The summed E-state index contributed by atoms with van der Waals surface area (Å²) in [6, 6.07) is 8.43. The number of piperazine rings is 1. The Morgan fingerprint density at radius 1 is 1.15 bits per heavy atom. The van der Waals surface area contributed by atoms with E-state index in [-0.39, 0.29) is 36.0 Å². The van der Waals surface area contributed by atoms with Crippen LogP contribution in [0.25, 0.3) is 0 Å². The van der Waals surface area contributed by atoms with Crippen LogP contribution in [-0.2, 0) is 20.9 Å². The fourth-order valence-corrected chi connectivity index (χ4v) is 5.52. The van der Waals surface area contributed by atoms with E-state index in [1.807, 2.05) is 46.4 Å². The fourth-order valence-electron chi connectivity index (χ4n) is 5.23. The van der Waals surface area contributed by atoms with Gasteiger partial charge in [-0.1, -0.05) is 44.2 Å². The van der Waals surface area contributed by atoms with E-state index in [0.717, 1.165) is 5.56 Å². The van der Waals surface area contributed by atoms with Gasteiger partial charge in [-0.3, -0.25) is 14.7 Å². The van der Waals surface area contributed by atoms with E-state index >= 15 is 8.78 Å². The Bertz CT molecular complexity index is 1220. The number of nitrogens with zero attached hydrogens (tertiary/aromatic N) is 4. The van der Waals surface area contributed by atoms with Gasteiger partial charge < -0.3 is 14.5 Å². The highest BCUT2D eigenvalue weighted by atomic mass is 35.5. The normalized spacial score (nSPS) is 21.6. The van der Waals surface area contributed by atoms with E-state index in [1.165, 1.54) is 24.4 Å². The first-order valence-electron chi connectivity index (χ1n) is 13.2. The number of benzene rings is 1. The maximum Gasteiger partial charge on any atom is 0.410 e. The quantitative estimate of drug-likeness (QED) is 0.457. The minimum Gasteiger partial charge on any atom is -0.444 e. The molecule has 2 aliphatic heterocycles. The Hall–Kier alpha value is -2.78. The van der Waals surface area contributed by atoms with E-state index in [1.54, 1.807) is 28.0 Å². The molecule has 39 heavy (non-hydrogen) atoms. The molecule has 0 saturated carbocycles. The number of pyridine rings is 1. The van der Waals surface area contributed by atoms with Crippen molar-refractivity contribution in [1.29, 1.82) is 0 Å². The zero-order valence-electron chi connectivity index (χ0n) is 23.4. The standard InChI is InChI=1S/C29H37ClF2N4O3/c1-19-15-34(21(13-30)16-35(19)26(38)39-27(2,3)4)17-25(37)36-18-28(5,6)22-14-33-24(12-23(22)36)29(31,32)20-10-8-7-9-11-20/h7-12,14,19,21H,13,15-18H2,1-6H3/t19-,21+/m1/s1. The number of carbonyl (C=O) groups excluding carboxylic acids is 2. The smallest absolute Gasteiger partial charge is 0.410 e. The fraction of sp³-hybridized carbons (Fsp3) is 0.552. The van der Waals surface area contributed by atoms with Crippen LogP contribution in [-0.4, -0.2) is 76.5 Å². The first-order chi connectivity index (χ1) is 18.1. The average Bonchev–Trinajstić information content (AvgIpc) is 3.14. The van der Waals surface area contributed by atoms with E-state index in [0.29, 0.717) is 25.3 Å². The number of fused-ring (bicyclic) bond motifs is 1. The number of rotatable bonds is 5. The molecule has 0 unspecified atom stereocenters. The molecule has 0 bridgehead atoms. The lowest BCUT2D eigenvalue weighted by Gasteiger charge is -2.44. The Morgan fingerprint density at radius 2 is 1.82 bits per heavy atom. The molecule has 212 valence electrons. The molecule has 1 saturated heterocycles. The molecule has 0 N–H and O–H groups in total. The van der Waals surface area contributed by atoms with E-state index < -0.39 is 28.7 Å². The summed E-state index contributed by atoms with van der Waals surface area (Å²) in [6.45, 7) is 12.4. The van der Waals surface area contributed by atoms with Crippen molar-refractivity contribution in [2.45, 2.75) is 70.6 Å². The van der Waals surface area contributed by atoms with Crippen molar-refractivity contribution in [3.63, 3.8) is 0 Å². The lowest BCUT2D eigenvalue weighted by Crippen LogP contribution is -2.61. The summed E-state index contributed by atoms with van der Waals surface area (Å²) in [7, 11) is 0. The summed E-state index contributed by atoms with van der Waals surface area (Å²) in [6.07, 6.45) is 1.06. The highest BCUT2D eigenvalue weighted by molar-refractivity contribution is 6.18. The topological polar surface area (TPSA) is 66.0 Å². The van der Waals surface area contributed by atoms with Gasteiger partial charge in [-0.2, -0.15) is 8.78 Å². The maximum absolute atomic E-state index is 15.4. The molecule has 1 fully saturated rings. The number of hydrogen-bond acceptors (Lipinski definition) is 5. The first-order valence-corrected chi connectivity index (χ1v) is 13.7. The molecule has 2 atom stereocenters. The molecule has 2 aliphatic rings.